The molecule has 0 rings (SSSR count). The van der Waals surface area contributed by atoms with Crippen molar-refractivity contribution in [2.75, 3.05) is 13.2 Å². The summed E-state index contributed by atoms with van der Waals surface area (Å²) in [7, 11) is 0. The van der Waals surface area contributed by atoms with Crippen LogP contribution >= 0.6 is 0 Å². The standard InChI is InChI=1S/C26H50O5.H2O/c27-23-19-15-11-7-5-3-1-2-4-6-8-12-16-20-24-31-26(30)22-18-14-10-9-13-17-21-25(28)29;/h27H,1-24H2,(H,28,29);1H2. The number of aliphatic carboxylic acids is 1. The lowest BCUT2D eigenvalue weighted by Gasteiger charge is -2.05. The van der Waals surface area contributed by atoms with Crippen LogP contribution < -0.4 is 0 Å². The number of carbonyl (C=O) groups is 2. The summed E-state index contributed by atoms with van der Waals surface area (Å²) >= 11 is 0. The number of aliphatic hydroxyl groups is 1. The zero-order chi connectivity index (χ0) is 22.8. The van der Waals surface area contributed by atoms with Crippen LogP contribution in [-0.2, 0) is 14.3 Å². The van der Waals surface area contributed by atoms with E-state index in [0.717, 1.165) is 57.8 Å². The molecular weight excluding hydrogens is 408 g/mol. The van der Waals surface area contributed by atoms with Gasteiger partial charge in [0.05, 0.1) is 6.61 Å². The van der Waals surface area contributed by atoms with Gasteiger partial charge in [0.25, 0.3) is 0 Å². The lowest BCUT2D eigenvalue weighted by molar-refractivity contribution is -0.144. The lowest BCUT2D eigenvalue weighted by Crippen LogP contribution is -2.05. The molecule has 0 saturated heterocycles. The van der Waals surface area contributed by atoms with Gasteiger partial charge in [0.15, 0.2) is 0 Å². The molecule has 0 bridgehead atoms. The fraction of sp³-hybridized carbons (Fsp3) is 0.923. The second-order valence-corrected chi connectivity index (χ2v) is 8.91. The van der Waals surface area contributed by atoms with Crippen LogP contribution in [0.4, 0.5) is 0 Å². The first-order valence-corrected chi connectivity index (χ1v) is 13.1. The van der Waals surface area contributed by atoms with Crippen LogP contribution in [0.3, 0.4) is 0 Å². The average molecular weight is 461 g/mol. The summed E-state index contributed by atoms with van der Waals surface area (Å²) in [6, 6.07) is 0. The zero-order valence-electron chi connectivity index (χ0n) is 20.6. The Labute approximate surface area is 196 Å². The third-order valence-electron chi connectivity index (χ3n) is 5.84. The summed E-state index contributed by atoms with van der Waals surface area (Å²) in [4.78, 5) is 22.1. The van der Waals surface area contributed by atoms with E-state index >= 15 is 0 Å². The van der Waals surface area contributed by atoms with Gasteiger partial charge in [0.2, 0.25) is 0 Å². The SMILES string of the molecule is O.O=C(O)CCCCCCCCC(=O)OCCCCCCCCCCCCCCCCO. The first-order valence-electron chi connectivity index (χ1n) is 13.1. The molecule has 0 aliphatic rings. The molecule has 0 amide bonds. The highest BCUT2D eigenvalue weighted by Crippen LogP contribution is 2.13. The van der Waals surface area contributed by atoms with Gasteiger partial charge in [0.1, 0.15) is 0 Å². The van der Waals surface area contributed by atoms with E-state index < -0.39 is 5.97 Å². The number of carboxylic acid groups (broad SMARTS) is 1. The minimum atomic E-state index is -0.716. The molecule has 0 atom stereocenters. The lowest BCUT2D eigenvalue weighted by atomic mass is 10.0. The number of hydrogen-bond donors (Lipinski definition) is 2. The third-order valence-corrected chi connectivity index (χ3v) is 5.84. The Bertz CT molecular complexity index is 400. The predicted octanol–water partition coefficient (Wildman–Crippen LogP) is 6.36. The summed E-state index contributed by atoms with van der Waals surface area (Å²) in [5.41, 5.74) is 0. The molecule has 6 nitrogen and oxygen atoms in total. The van der Waals surface area contributed by atoms with Crippen LogP contribution in [0, 0.1) is 0 Å². The second-order valence-electron chi connectivity index (χ2n) is 8.91. The Morgan fingerprint density at radius 2 is 0.844 bits per heavy atom. The van der Waals surface area contributed by atoms with E-state index in [0.29, 0.717) is 19.6 Å². The first-order chi connectivity index (χ1) is 15.2. The van der Waals surface area contributed by atoms with Gasteiger partial charge in [-0.3, -0.25) is 9.59 Å². The van der Waals surface area contributed by atoms with Crippen LogP contribution in [0.5, 0.6) is 0 Å². The van der Waals surface area contributed by atoms with Crippen molar-refractivity contribution in [2.24, 2.45) is 0 Å². The summed E-state index contributed by atoms with van der Waals surface area (Å²) in [5.74, 6) is -0.786. The number of hydrogen-bond acceptors (Lipinski definition) is 4. The molecule has 0 aliphatic carbocycles. The molecule has 0 saturated carbocycles. The highest BCUT2D eigenvalue weighted by atomic mass is 16.5. The van der Waals surface area contributed by atoms with Gasteiger partial charge < -0.3 is 20.4 Å². The maximum Gasteiger partial charge on any atom is 0.305 e. The summed E-state index contributed by atoms with van der Waals surface area (Å²) < 4.78 is 5.31. The molecule has 0 fully saturated rings. The Kier molecular flexibility index (Phi) is 28.8. The van der Waals surface area contributed by atoms with Gasteiger partial charge in [-0.1, -0.05) is 103 Å². The number of aliphatic hydroxyl groups excluding tert-OH is 1. The Morgan fingerprint density at radius 1 is 0.500 bits per heavy atom. The largest absolute Gasteiger partial charge is 0.481 e. The van der Waals surface area contributed by atoms with Crippen molar-refractivity contribution in [3.63, 3.8) is 0 Å². The van der Waals surface area contributed by atoms with Crippen LogP contribution in [0.15, 0.2) is 0 Å². The molecular formula is C26H52O6. The normalized spacial score (nSPS) is 10.7. The van der Waals surface area contributed by atoms with Crippen molar-refractivity contribution in [3.8, 4) is 0 Å². The van der Waals surface area contributed by atoms with E-state index in [4.69, 9.17) is 14.9 Å². The number of carbonyl (C=O) groups excluding carboxylic acids is 1. The van der Waals surface area contributed by atoms with E-state index in [1.165, 1.54) is 70.6 Å². The van der Waals surface area contributed by atoms with Crippen molar-refractivity contribution >= 4 is 11.9 Å². The molecule has 0 unspecified atom stereocenters. The van der Waals surface area contributed by atoms with Crippen molar-refractivity contribution < 1.29 is 30.0 Å². The topological polar surface area (TPSA) is 115 Å². The number of ether oxygens (including phenoxy) is 1. The van der Waals surface area contributed by atoms with Crippen LogP contribution in [0.25, 0.3) is 0 Å². The monoisotopic (exact) mass is 460 g/mol. The minimum Gasteiger partial charge on any atom is -0.481 e. The zero-order valence-corrected chi connectivity index (χ0v) is 20.6. The van der Waals surface area contributed by atoms with Gasteiger partial charge in [-0.25, -0.2) is 0 Å². The molecule has 0 aromatic rings. The van der Waals surface area contributed by atoms with Gasteiger partial charge in [-0.05, 0) is 25.7 Å². The third kappa shape index (κ3) is 28.9. The smallest absolute Gasteiger partial charge is 0.305 e. The second kappa shape index (κ2) is 27.9. The maximum atomic E-state index is 11.7. The Morgan fingerprint density at radius 3 is 1.25 bits per heavy atom. The number of esters is 1. The van der Waals surface area contributed by atoms with Gasteiger partial charge >= 0.3 is 11.9 Å². The quantitative estimate of drug-likeness (QED) is 0.121. The maximum absolute atomic E-state index is 11.7. The molecule has 192 valence electrons. The fourth-order valence-electron chi connectivity index (χ4n) is 3.85. The number of carboxylic acids is 1. The fourth-order valence-corrected chi connectivity index (χ4v) is 3.85. The van der Waals surface area contributed by atoms with Crippen molar-refractivity contribution in [1.29, 1.82) is 0 Å². The van der Waals surface area contributed by atoms with Crippen LogP contribution in [0.1, 0.15) is 141 Å². The van der Waals surface area contributed by atoms with E-state index in [1.54, 1.807) is 0 Å². The Balaban J connectivity index is 0. The van der Waals surface area contributed by atoms with Crippen molar-refractivity contribution in [2.45, 2.75) is 141 Å². The van der Waals surface area contributed by atoms with Gasteiger partial charge in [-0.15, -0.1) is 0 Å². The molecule has 0 radical (unpaired) electrons. The highest BCUT2D eigenvalue weighted by Gasteiger charge is 2.03. The Hall–Kier alpha value is -1.14. The molecule has 0 aliphatic heterocycles. The van der Waals surface area contributed by atoms with Crippen molar-refractivity contribution in [3.05, 3.63) is 0 Å². The molecule has 32 heavy (non-hydrogen) atoms. The molecule has 4 N–H and O–H groups in total. The van der Waals surface area contributed by atoms with Crippen LogP contribution in [0.2, 0.25) is 0 Å². The van der Waals surface area contributed by atoms with Crippen molar-refractivity contribution in [1.82, 2.24) is 0 Å². The molecule has 0 heterocycles. The highest BCUT2D eigenvalue weighted by molar-refractivity contribution is 5.69. The average Bonchev–Trinajstić information content (AvgIpc) is 2.75. The number of rotatable bonds is 25. The van der Waals surface area contributed by atoms with E-state index in [-0.39, 0.29) is 17.9 Å². The summed E-state index contributed by atoms with van der Waals surface area (Å²) in [6.07, 6.45) is 24.0. The predicted molar refractivity (Wildman–Crippen MR) is 131 cm³/mol. The number of unbranched alkanes of at least 4 members (excludes halogenated alkanes) is 18. The molecule has 0 spiro atoms. The van der Waals surface area contributed by atoms with E-state index in [1.807, 2.05) is 0 Å². The first kappa shape index (κ1) is 33.0. The molecule has 0 aromatic heterocycles. The molecule has 0 aromatic carbocycles. The minimum absolute atomic E-state index is 0. The summed E-state index contributed by atoms with van der Waals surface area (Å²) in [6.45, 7) is 0.901. The van der Waals surface area contributed by atoms with E-state index in [9.17, 15) is 9.59 Å². The molecule has 6 heteroatoms. The van der Waals surface area contributed by atoms with Crippen LogP contribution in [-0.4, -0.2) is 40.8 Å². The van der Waals surface area contributed by atoms with Gasteiger partial charge in [-0.2, -0.15) is 0 Å². The van der Waals surface area contributed by atoms with E-state index in [2.05, 4.69) is 0 Å². The summed E-state index contributed by atoms with van der Waals surface area (Å²) in [5, 5.41) is 17.3. The van der Waals surface area contributed by atoms with Gasteiger partial charge in [0, 0.05) is 19.4 Å².